The quantitative estimate of drug-likeness (QED) is 0.778. The van der Waals surface area contributed by atoms with Gasteiger partial charge in [-0.1, -0.05) is 37.6 Å². The lowest BCUT2D eigenvalue weighted by molar-refractivity contribution is 0.0411. The van der Waals surface area contributed by atoms with E-state index in [0.29, 0.717) is 25.3 Å². The van der Waals surface area contributed by atoms with Gasteiger partial charge < -0.3 is 14.8 Å². The Labute approximate surface area is 149 Å². The number of benzene rings is 2. The number of unbranched alkanes of at least 4 members (excludes halogenated alkanes) is 1. The van der Waals surface area contributed by atoms with E-state index in [1.807, 2.05) is 24.3 Å². The van der Waals surface area contributed by atoms with Crippen molar-refractivity contribution >= 4 is 5.91 Å². The molecule has 2 aromatic carbocycles. The molecule has 1 aliphatic heterocycles. The fourth-order valence-corrected chi connectivity index (χ4v) is 2.97. The lowest BCUT2D eigenvalue weighted by atomic mass is 9.97. The molecule has 3 rings (SSSR count). The molecule has 4 heteroatoms. The summed E-state index contributed by atoms with van der Waals surface area (Å²) in [5.41, 5.74) is 3.11. The molecule has 4 nitrogen and oxygen atoms in total. The van der Waals surface area contributed by atoms with Crippen molar-refractivity contribution in [1.29, 1.82) is 0 Å². The molecule has 1 unspecified atom stereocenters. The Bertz CT molecular complexity index is 697. The van der Waals surface area contributed by atoms with E-state index in [1.54, 1.807) is 12.1 Å². The highest BCUT2D eigenvalue weighted by atomic mass is 16.5. The highest BCUT2D eigenvalue weighted by Gasteiger charge is 2.21. The smallest absolute Gasteiger partial charge is 0.251 e. The van der Waals surface area contributed by atoms with Crippen LogP contribution in [0.25, 0.3) is 0 Å². The van der Waals surface area contributed by atoms with Gasteiger partial charge in [0.1, 0.15) is 11.9 Å². The fourth-order valence-electron chi connectivity index (χ4n) is 2.97. The maximum Gasteiger partial charge on any atom is 0.251 e. The molecular weight excluding hydrogens is 314 g/mol. The van der Waals surface area contributed by atoms with E-state index < -0.39 is 0 Å². The third kappa shape index (κ3) is 4.60. The van der Waals surface area contributed by atoms with Gasteiger partial charge in [0.15, 0.2) is 0 Å². The molecule has 1 amide bonds. The first-order chi connectivity index (χ1) is 12.3. The van der Waals surface area contributed by atoms with Crippen LogP contribution < -0.4 is 10.1 Å². The van der Waals surface area contributed by atoms with Gasteiger partial charge in [-0.3, -0.25) is 4.79 Å². The summed E-state index contributed by atoms with van der Waals surface area (Å²) in [7, 11) is 0. The lowest BCUT2D eigenvalue weighted by Gasteiger charge is -2.26. The van der Waals surface area contributed by atoms with Crippen molar-refractivity contribution in [2.24, 2.45) is 0 Å². The maximum absolute atomic E-state index is 12.4. The molecule has 1 N–H and O–H groups in total. The molecule has 25 heavy (non-hydrogen) atoms. The molecule has 0 radical (unpaired) electrons. The number of rotatable bonds is 7. The molecule has 0 bridgehead atoms. The van der Waals surface area contributed by atoms with Gasteiger partial charge in [0.2, 0.25) is 0 Å². The van der Waals surface area contributed by atoms with Crippen LogP contribution in [0.2, 0.25) is 0 Å². The molecule has 1 heterocycles. The number of nitrogens with one attached hydrogen (secondary N) is 1. The standard InChI is InChI=1S/C21H25NO3/c1-2-3-13-24-18-10-8-17(9-11-18)21(23)22-15-20-19-7-5-4-6-16(19)12-14-25-20/h4-11,20H,2-3,12-15H2,1H3,(H,22,23). The summed E-state index contributed by atoms with van der Waals surface area (Å²) in [6.07, 6.45) is 2.99. The molecule has 0 saturated heterocycles. The molecule has 132 valence electrons. The second-order valence-electron chi connectivity index (χ2n) is 6.24. The molecule has 0 aromatic heterocycles. The zero-order chi connectivity index (χ0) is 17.5. The van der Waals surface area contributed by atoms with E-state index >= 15 is 0 Å². The van der Waals surface area contributed by atoms with Crippen LogP contribution in [0.5, 0.6) is 5.75 Å². The SMILES string of the molecule is CCCCOc1ccc(C(=O)NCC2OCCc3ccccc32)cc1. The molecule has 0 saturated carbocycles. The normalized spacial score (nSPS) is 16.1. The first-order valence-electron chi connectivity index (χ1n) is 8.98. The molecule has 1 atom stereocenters. The molecule has 2 aromatic rings. The zero-order valence-corrected chi connectivity index (χ0v) is 14.7. The summed E-state index contributed by atoms with van der Waals surface area (Å²) in [5.74, 6) is 0.710. The topological polar surface area (TPSA) is 47.6 Å². The highest BCUT2D eigenvalue weighted by molar-refractivity contribution is 5.94. The fraction of sp³-hybridized carbons (Fsp3) is 0.381. The highest BCUT2D eigenvalue weighted by Crippen LogP contribution is 2.26. The van der Waals surface area contributed by atoms with Crippen molar-refractivity contribution in [3.63, 3.8) is 0 Å². The van der Waals surface area contributed by atoms with Gasteiger partial charge in [0.25, 0.3) is 5.91 Å². The maximum atomic E-state index is 12.4. The largest absolute Gasteiger partial charge is 0.494 e. The number of ether oxygens (including phenoxy) is 2. The van der Waals surface area contributed by atoms with Gasteiger partial charge in [0, 0.05) is 12.1 Å². The van der Waals surface area contributed by atoms with Gasteiger partial charge in [-0.25, -0.2) is 0 Å². The van der Waals surface area contributed by atoms with Crippen LogP contribution in [-0.2, 0) is 11.2 Å². The minimum absolute atomic E-state index is 0.0782. The van der Waals surface area contributed by atoms with E-state index in [0.717, 1.165) is 25.0 Å². The third-order valence-electron chi connectivity index (χ3n) is 4.42. The van der Waals surface area contributed by atoms with Crippen LogP contribution in [0.4, 0.5) is 0 Å². The van der Waals surface area contributed by atoms with E-state index in [1.165, 1.54) is 11.1 Å². The minimum atomic E-state index is -0.0910. The van der Waals surface area contributed by atoms with Crippen molar-refractivity contribution < 1.29 is 14.3 Å². The summed E-state index contributed by atoms with van der Waals surface area (Å²) in [5, 5.41) is 2.98. The monoisotopic (exact) mass is 339 g/mol. The average Bonchev–Trinajstić information content (AvgIpc) is 2.67. The Morgan fingerprint density at radius 1 is 1.20 bits per heavy atom. The van der Waals surface area contributed by atoms with Crippen LogP contribution in [0, 0.1) is 0 Å². The van der Waals surface area contributed by atoms with Gasteiger partial charge in [-0.2, -0.15) is 0 Å². The second kappa shape index (κ2) is 8.67. The Morgan fingerprint density at radius 3 is 2.80 bits per heavy atom. The van der Waals surface area contributed by atoms with E-state index in [-0.39, 0.29) is 12.0 Å². The molecule has 0 fully saturated rings. The van der Waals surface area contributed by atoms with Crippen molar-refractivity contribution in [2.45, 2.75) is 32.3 Å². The Morgan fingerprint density at radius 2 is 2.00 bits per heavy atom. The van der Waals surface area contributed by atoms with Crippen LogP contribution in [0.1, 0.15) is 47.4 Å². The van der Waals surface area contributed by atoms with Gasteiger partial charge >= 0.3 is 0 Å². The second-order valence-corrected chi connectivity index (χ2v) is 6.24. The number of carbonyl (C=O) groups excluding carboxylic acids is 1. The molecular formula is C21H25NO3. The Hall–Kier alpha value is -2.33. The number of carbonyl (C=O) groups is 1. The summed E-state index contributed by atoms with van der Waals surface area (Å²) in [6.45, 7) is 4.01. The van der Waals surface area contributed by atoms with Crippen LogP contribution in [-0.4, -0.2) is 25.7 Å². The number of fused-ring (bicyclic) bond motifs is 1. The van der Waals surface area contributed by atoms with Gasteiger partial charge in [-0.05, 0) is 48.2 Å². The van der Waals surface area contributed by atoms with Crippen LogP contribution in [0.3, 0.4) is 0 Å². The molecule has 1 aliphatic rings. The predicted octanol–water partition coefficient (Wildman–Crippen LogP) is 3.91. The molecule has 0 aliphatic carbocycles. The van der Waals surface area contributed by atoms with Gasteiger partial charge in [0.05, 0.1) is 13.2 Å². The van der Waals surface area contributed by atoms with Crippen molar-refractivity contribution in [3.8, 4) is 5.75 Å². The molecule has 0 spiro atoms. The van der Waals surface area contributed by atoms with Crippen LogP contribution >= 0.6 is 0 Å². The summed E-state index contributed by atoms with van der Waals surface area (Å²) < 4.78 is 11.5. The Balaban J connectivity index is 1.54. The first kappa shape index (κ1) is 17.5. The van der Waals surface area contributed by atoms with Crippen molar-refractivity contribution in [3.05, 3.63) is 65.2 Å². The minimum Gasteiger partial charge on any atom is -0.494 e. The number of amides is 1. The van der Waals surface area contributed by atoms with E-state index in [9.17, 15) is 4.79 Å². The average molecular weight is 339 g/mol. The van der Waals surface area contributed by atoms with Crippen LogP contribution in [0.15, 0.2) is 48.5 Å². The predicted molar refractivity (Wildman–Crippen MR) is 98.0 cm³/mol. The first-order valence-corrected chi connectivity index (χ1v) is 8.98. The summed E-state index contributed by atoms with van der Waals surface area (Å²) in [6, 6.07) is 15.5. The summed E-state index contributed by atoms with van der Waals surface area (Å²) in [4.78, 5) is 12.4. The van der Waals surface area contributed by atoms with Crippen molar-refractivity contribution in [2.75, 3.05) is 19.8 Å². The third-order valence-corrected chi connectivity index (χ3v) is 4.42. The van der Waals surface area contributed by atoms with E-state index in [2.05, 4.69) is 24.4 Å². The Kier molecular flexibility index (Phi) is 6.07. The number of hydrogen-bond acceptors (Lipinski definition) is 3. The lowest BCUT2D eigenvalue weighted by Crippen LogP contribution is -2.31. The number of hydrogen-bond donors (Lipinski definition) is 1. The summed E-state index contributed by atoms with van der Waals surface area (Å²) >= 11 is 0. The van der Waals surface area contributed by atoms with E-state index in [4.69, 9.17) is 9.47 Å². The zero-order valence-electron chi connectivity index (χ0n) is 14.7. The van der Waals surface area contributed by atoms with Crippen molar-refractivity contribution in [1.82, 2.24) is 5.32 Å². The van der Waals surface area contributed by atoms with Gasteiger partial charge in [-0.15, -0.1) is 0 Å².